The van der Waals surface area contributed by atoms with E-state index >= 15 is 0 Å². The maximum absolute atomic E-state index is 13.3. The van der Waals surface area contributed by atoms with Crippen LogP contribution in [0.2, 0.25) is 0 Å². The maximum Gasteiger partial charge on any atom is 0.414 e. The highest BCUT2D eigenvalue weighted by molar-refractivity contribution is 5.91. The van der Waals surface area contributed by atoms with Gasteiger partial charge in [0.15, 0.2) is 0 Å². The number of fused-ring (bicyclic) bond motifs is 1. The molecule has 1 saturated heterocycles. The first-order valence-electron chi connectivity index (χ1n) is 14.0. The first-order chi connectivity index (χ1) is 19.3. The molecule has 4 amide bonds. The minimum Gasteiger partial charge on any atom is -0.467 e. The van der Waals surface area contributed by atoms with E-state index in [1.54, 1.807) is 45.0 Å². The van der Waals surface area contributed by atoms with Crippen LogP contribution >= 0.6 is 0 Å². The van der Waals surface area contributed by atoms with E-state index in [0.717, 1.165) is 0 Å². The Labute approximate surface area is 240 Å². The molecule has 0 aromatic heterocycles. The number of nitrogens with one attached hydrogen (secondary N) is 3. The number of esters is 1. The molecule has 0 bridgehead atoms. The molecule has 2 heterocycles. The molecule has 1 fully saturated rings. The number of amides is 4. The first-order valence-corrected chi connectivity index (χ1v) is 14.0. The van der Waals surface area contributed by atoms with Gasteiger partial charge in [0.25, 0.3) is 0 Å². The molecule has 12 nitrogen and oxygen atoms in total. The Morgan fingerprint density at radius 3 is 2.39 bits per heavy atom. The number of hydrogen-bond donors (Lipinski definition) is 3. The Bertz CT molecular complexity index is 1130. The van der Waals surface area contributed by atoms with Gasteiger partial charge in [-0.15, -0.1) is 0 Å². The molecule has 2 aliphatic heterocycles. The monoisotopic (exact) mass is 574 g/mol. The lowest BCUT2D eigenvalue weighted by Gasteiger charge is -2.35. The van der Waals surface area contributed by atoms with Gasteiger partial charge in [-0.05, 0) is 52.0 Å². The molecule has 41 heavy (non-hydrogen) atoms. The Hall–Kier alpha value is -3.83. The van der Waals surface area contributed by atoms with E-state index in [2.05, 4.69) is 16.0 Å². The number of nitrogens with zero attached hydrogens (tertiary/aromatic N) is 1. The zero-order chi connectivity index (χ0) is 30.3. The molecule has 0 radical (unpaired) electrons. The second-order valence-corrected chi connectivity index (χ2v) is 11.8. The van der Waals surface area contributed by atoms with Crippen LogP contribution in [0.25, 0.3) is 0 Å². The van der Waals surface area contributed by atoms with E-state index in [4.69, 9.17) is 14.2 Å². The van der Waals surface area contributed by atoms with Gasteiger partial charge < -0.3 is 30.2 Å². The number of alkyl carbamates (subject to hydrolysis) is 1. The van der Waals surface area contributed by atoms with Crippen LogP contribution in [-0.4, -0.2) is 67.9 Å². The molecule has 1 aromatic carbocycles. The van der Waals surface area contributed by atoms with Crippen molar-refractivity contribution in [3.05, 3.63) is 29.8 Å². The summed E-state index contributed by atoms with van der Waals surface area (Å²) < 4.78 is 16.1. The summed E-state index contributed by atoms with van der Waals surface area (Å²) in [4.78, 5) is 65.1. The van der Waals surface area contributed by atoms with Crippen LogP contribution in [-0.2, 0) is 28.6 Å². The van der Waals surface area contributed by atoms with Crippen molar-refractivity contribution >= 4 is 35.7 Å². The van der Waals surface area contributed by atoms with Gasteiger partial charge in [0.2, 0.25) is 11.8 Å². The van der Waals surface area contributed by atoms with Gasteiger partial charge in [0, 0.05) is 31.0 Å². The standard InChI is InChI=1S/C29H42N4O8/c1-17(2)15-20(25(35)31-21(26(36)39-6)16-18-11-13-30-24(18)34)32-27(37)40-23-12-14-33(28(38)41-29(3,4)5)22-10-8-7-9-19(22)23/h7-10,17-18,20-21,23H,11-16H2,1-6H3,(H,30,34)(H,31,35)(H,32,37). The van der Waals surface area contributed by atoms with Gasteiger partial charge in [0.05, 0.1) is 12.8 Å². The summed E-state index contributed by atoms with van der Waals surface area (Å²) in [5.41, 5.74) is 0.561. The number of hydrogen-bond acceptors (Lipinski definition) is 8. The summed E-state index contributed by atoms with van der Waals surface area (Å²) in [5.74, 6) is -1.82. The van der Waals surface area contributed by atoms with Crippen molar-refractivity contribution < 1.29 is 38.2 Å². The predicted octanol–water partition coefficient (Wildman–Crippen LogP) is 3.20. The van der Waals surface area contributed by atoms with Gasteiger partial charge in [-0.2, -0.15) is 0 Å². The Morgan fingerprint density at radius 2 is 1.78 bits per heavy atom. The summed E-state index contributed by atoms with van der Waals surface area (Å²) in [7, 11) is 1.21. The van der Waals surface area contributed by atoms with Gasteiger partial charge in [-0.1, -0.05) is 32.0 Å². The molecule has 3 rings (SSSR count). The lowest BCUT2D eigenvalue weighted by Crippen LogP contribution is -2.53. The summed E-state index contributed by atoms with van der Waals surface area (Å²) in [6, 6.07) is 5.08. The van der Waals surface area contributed by atoms with Crippen molar-refractivity contribution in [3.63, 3.8) is 0 Å². The third-order valence-electron chi connectivity index (χ3n) is 6.85. The third kappa shape index (κ3) is 8.83. The van der Waals surface area contributed by atoms with Gasteiger partial charge in [-0.3, -0.25) is 14.5 Å². The number of anilines is 1. The van der Waals surface area contributed by atoms with Crippen LogP contribution in [0.4, 0.5) is 15.3 Å². The van der Waals surface area contributed by atoms with E-state index in [9.17, 15) is 24.0 Å². The van der Waals surface area contributed by atoms with Crippen molar-refractivity contribution in [1.82, 2.24) is 16.0 Å². The summed E-state index contributed by atoms with van der Waals surface area (Å²) in [6.45, 7) is 9.95. The molecule has 1 aromatic rings. The van der Waals surface area contributed by atoms with Gasteiger partial charge in [-0.25, -0.2) is 14.4 Å². The maximum atomic E-state index is 13.3. The van der Waals surface area contributed by atoms with Crippen LogP contribution in [0.5, 0.6) is 0 Å². The number of benzene rings is 1. The summed E-state index contributed by atoms with van der Waals surface area (Å²) in [6.07, 6.45) is -0.688. The fourth-order valence-electron chi connectivity index (χ4n) is 4.95. The zero-order valence-electron chi connectivity index (χ0n) is 24.7. The highest BCUT2D eigenvalue weighted by Gasteiger charge is 2.36. The normalized spacial score (nSPS) is 19.9. The molecule has 12 heteroatoms. The molecule has 0 saturated carbocycles. The second kappa shape index (κ2) is 13.7. The molecule has 0 aliphatic carbocycles. The lowest BCUT2D eigenvalue weighted by molar-refractivity contribution is -0.146. The zero-order valence-corrected chi connectivity index (χ0v) is 24.7. The first kappa shape index (κ1) is 31.7. The summed E-state index contributed by atoms with van der Waals surface area (Å²) in [5, 5.41) is 8.03. The fraction of sp³-hybridized carbons (Fsp3) is 0.621. The fourth-order valence-corrected chi connectivity index (χ4v) is 4.95. The molecule has 0 spiro atoms. The number of carbonyl (C=O) groups is 5. The largest absolute Gasteiger partial charge is 0.467 e. The van der Waals surface area contributed by atoms with Crippen LogP contribution in [0, 0.1) is 11.8 Å². The van der Waals surface area contributed by atoms with Crippen molar-refractivity contribution in [3.8, 4) is 0 Å². The minimum absolute atomic E-state index is 0.0287. The highest BCUT2D eigenvalue weighted by atomic mass is 16.6. The SMILES string of the molecule is COC(=O)C(CC1CCNC1=O)NC(=O)C(CC(C)C)NC(=O)OC1CCN(C(=O)OC(C)(C)C)c2ccccc21. The average molecular weight is 575 g/mol. The Morgan fingerprint density at radius 1 is 1.07 bits per heavy atom. The van der Waals surface area contributed by atoms with Gasteiger partial charge >= 0.3 is 18.2 Å². The molecule has 226 valence electrons. The Balaban J connectivity index is 1.69. The third-order valence-corrected chi connectivity index (χ3v) is 6.85. The van der Waals surface area contributed by atoms with Crippen molar-refractivity contribution in [2.75, 3.05) is 25.1 Å². The van der Waals surface area contributed by atoms with E-state index in [0.29, 0.717) is 30.6 Å². The van der Waals surface area contributed by atoms with Crippen LogP contribution < -0.4 is 20.9 Å². The highest BCUT2D eigenvalue weighted by Crippen LogP contribution is 2.36. The summed E-state index contributed by atoms with van der Waals surface area (Å²) >= 11 is 0. The van der Waals surface area contributed by atoms with E-state index in [1.165, 1.54) is 12.0 Å². The molecule has 2 aliphatic rings. The van der Waals surface area contributed by atoms with E-state index < -0.39 is 53.8 Å². The molecule has 3 N–H and O–H groups in total. The van der Waals surface area contributed by atoms with Crippen LogP contribution in [0.3, 0.4) is 0 Å². The smallest absolute Gasteiger partial charge is 0.414 e. The lowest BCUT2D eigenvalue weighted by atomic mass is 9.97. The van der Waals surface area contributed by atoms with Crippen molar-refractivity contribution in [2.24, 2.45) is 11.8 Å². The topological polar surface area (TPSA) is 152 Å². The average Bonchev–Trinajstić information content (AvgIpc) is 3.30. The molecule has 4 unspecified atom stereocenters. The van der Waals surface area contributed by atoms with Crippen LogP contribution in [0.1, 0.15) is 72.0 Å². The Kier molecular flexibility index (Phi) is 10.6. The number of methoxy groups -OCH3 is 1. The van der Waals surface area contributed by atoms with Crippen molar-refractivity contribution in [1.29, 1.82) is 0 Å². The minimum atomic E-state index is -1.04. The van der Waals surface area contributed by atoms with Crippen LogP contribution in [0.15, 0.2) is 24.3 Å². The quantitative estimate of drug-likeness (QED) is 0.300. The molecular weight excluding hydrogens is 532 g/mol. The number of rotatable bonds is 9. The molecular formula is C29H42N4O8. The van der Waals surface area contributed by atoms with Gasteiger partial charge in [0.1, 0.15) is 23.8 Å². The van der Waals surface area contributed by atoms with E-state index in [-0.39, 0.29) is 31.2 Å². The molecule has 4 atom stereocenters. The van der Waals surface area contributed by atoms with Crippen molar-refractivity contribution in [2.45, 2.75) is 84.1 Å². The number of para-hydroxylation sites is 1. The number of carbonyl (C=O) groups excluding carboxylic acids is 5. The number of ether oxygens (including phenoxy) is 3. The predicted molar refractivity (Wildman–Crippen MR) is 150 cm³/mol. The van der Waals surface area contributed by atoms with E-state index in [1.807, 2.05) is 13.8 Å². The second-order valence-electron chi connectivity index (χ2n) is 11.8.